The van der Waals surface area contributed by atoms with Crippen LogP contribution in [0.4, 0.5) is 0 Å². The van der Waals surface area contributed by atoms with E-state index >= 15 is 0 Å². The van der Waals surface area contributed by atoms with Gasteiger partial charge in [-0.25, -0.2) is 4.79 Å². The average molecular weight is 371 g/mol. The predicted molar refractivity (Wildman–Crippen MR) is 98.4 cm³/mol. The summed E-state index contributed by atoms with van der Waals surface area (Å²) in [4.78, 5) is 24.8. The zero-order chi connectivity index (χ0) is 18.1. The van der Waals surface area contributed by atoms with Gasteiger partial charge in [0.05, 0.1) is 17.6 Å². The third-order valence-corrected chi connectivity index (χ3v) is 6.59. The van der Waals surface area contributed by atoms with E-state index in [-0.39, 0.29) is 11.5 Å². The van der Waals surface area contributed by atoms with Crippen LogP contribution in [0.25, 0.3) is 0 Å². The molecule has 1 aromatic carbocycles. The minimum atomic E-state index is -1.00. The number of carbonyl (C=O) groups excluding carboxylic acids is 1. The van der Waals surface area contributed by atoms with Crippen LogP contribution in [0, 0.1) is 11.8 Å². The summed E-state index contributed by atoms with van der Waals surface area (Å²) in [5, 5.41) is 12.4. The highest BCUT2D eigenvalue weighted by Gasteiger charge is 2.40. The van der Waals surface area contributed by atoms with Crippen molar-refractivity contribution in [3.05, 3.63) is 53.5 Å². The summed E-state index contributed by atoms with van der Waals surface area (Å²) >= 11 is 1.42. The lowest BCUT2D eigenvalue weighted by atomic mass is 9.95. The Balaban J connectivity index is 1.45. The van der Waals surface area contributed by atoms with Crippen LogP contribution in [0.2, 0.25) is 0 Å². The van der Waals surface area contributed by atoms with E-state index in [9.17, 15) is 14.7 Å². The SMILES string of the molecule is O=C(NC1CC2CCC1C2)c1ccccc1SCc1occc1C(=O)O. The second-order valence-corrected chi connectivity index (χ2v) is 8.12. The van der Waals surface area contributed by atoms with Crippen LogP contribution in [0.15, 0.2) is 45.9 Å². The third kappa shape index (κ3) is 3.38. The number of thioether (sulfide) groups is 1. The molecule has 26 heavy (non-hydrogen) atoms. The number of aromatic carboxylic acids is 1. The van der Waals surface area contributed by atoms with Crippen molar-refractivity contribution < 1.29 is 19.1 Å². The Hall–Kier alpha value is -2.21. The van der Waals surface area contributed by atoms with Crippen molar-refractivity contribution in [2.24, 2.45) is 11.8 Å². The van der Waals surface area contributed by atoms with E-state index in [0.29, 0.717) is 29.0 Å². The molecular weight excluding hydrogens is 350 g/mol. The second kappa shape index (κ2) is 7.19. The number of carboxylic acids is 1. The van der Waals surface area contributed by atoms with Gasteiger partial charge in [-0.2, -0.15) is 0 Å². The Kier molecular flexibility index (Phi) is 4.76. The Labute approximate surface area is 156 Å². The van der Waals surface area contributed by atoms with E-state index in [1.54, 1.807) is 0 Å². The van der Waals surface area contributed by atoms with Crippen LogP contribution in [-0.2, 0) is 5.75 Å². The molecular formula is C20H21NO4S. The number of hydrogen-bond donors (Lipinski definition) is 2. The molecule has 6 heteroatoms. The molecule has 2 fully saturated rings. The summed E-state index contributed by atoms with van der Waals surface area (Å²) < 4.78 is 5.29. The Morgan fingerprint density at radius 1 is 1.15 bits per heavy atom. The number of furan rings is 1. The van der Waals surface area contributed by atoms with Gasteiger partial charge in [0.1, 0.15) is 11.3 Å². The van der Waals surface area contributed by atoms with Gasteiger partial charge in [0, 0.05) is 10.9 Å². The first-order chi connectivity index (χ1) is 12.6. The molecule has 2 aliphatic rings. The van der Waals surface area contributed by atoms with Gasteiger partial charge < -0.3 is 14.8 Å². The molecule has 2 bridgehead atoms. The van der Waals surface area contributed by atoms with Crippen LogP contribution in [-0.4, -0.2) is 23.0 Å². The van der Waals surface area contributed by atoms with Crippen molar-refractivity contribution in [1.29, 1.82) is 0 Å². The maximum atomic E-state index is 12.8. The first kappa shape index (κ1) is 17.2. The number of benzene rings is 1. The van der Waals surface area contributed by atoms with E-state index in [2.05, 4.69) is 5.32 Å². The van der Waals surface area contributed by atoms with Crippen LogP contribution in [0.5, 0.6) is 0 Å². The van der Waals surface area contributed by atoms with Gasteiger partial charge in [-0.15, -0.1) is 11.8 Å². The van der Waals surface area contributed by atoms with Crippen molar-refractivity contribution in [1.82, 2.24) is 5.32 Å². The molecule has 1 heterocycles. The Morgan fingerprint density at radius 2 is 2.00 bits per heavy atom. The minimum absolute atomic E-state index is 0.0384. The molecule has 2 aromatic rings. The number of fused-ring (bicyclic) bond motifs is 2. The number of nitrogens with one attached hydrogen (secondary N) is 1. The molecule has 2 saturated carbocycles. The molecule has 0 aliphatic heterocycles. The van der Waals surface area contributed by atoms with Crippen LogP contribution in [0.3, 0.4) is 0 Å². The molecule has 0 saturated heterocycles. The average Bonchev–Trinajstić information content (AvgIpc) is 3.36. The zero-order valence-electron chi connectivity index (χ0n) is 14.3. The fourth-order valence-electron chi connectivity index (χ4n) is 4.23. The molecule has 1 aromatic heterocycles. The van der Waals surface area contributed by atoms with Crippen molar-refractivity contribution in [3.8, 4) is 0 Å². The smallest absolute Gasteiger partial charge is 0.339 e. The topological polar surface area (TPSA) is 79.5 Å². The van der Waals surface area contributed by atoms with Crippen LogP contribution in [0.1, 0.15) is 52.2 Å². The standard InChI is InChI=1S/C20H21NO4S/c22-19(21-16-10-12-5-6-13(16)9-12)15-3-1-2-4-18(15)26-11-17-14(20(23)24)7-8-25-17/h1-4,7-8,12-13,16H,5-6,9-11H2,(H,21,22)(H,23,24). The fraction of sp³-hybridized carbons (Fsp3) is 0.400. The van der Waals surface area contributed by atoms with Crippen LogP contribution >= 0.6 is 11.8 Å². The van der Waals surface area contributed by atoms with E-state index in [4.69, 9.17) is 4.42 Å². The molecule has 4 rings (SSSR count). The lowest BCUT2D eigenvalue weighted by Gasteiger charge is -2.23. The van der Waals surface area contributed by atoms with Crippen molar-refractivity contribution in [2.45, 2.75) is 42.4 Å². The molecule has 5 nitrogen and oxygen atoms in total. The van der Waals surface area contributed by atoms with Gasteiger partial charge in [-0.3, -0.25) is 4.79 Å². The highest BCUT2D eigenvalue weighted by molar-refractivity contribution is 7.98. The van der Waals surface area contributed by atoms with E-state index in [0.717, 1.165) is 17.2 Å². The van der Waals surface area contributed by atoms with Crippen LogP contribution < -0.4 is 5.32 Å². The van der Waals surface area contributed by atoms with E-state index in [1.807, 2.05) is 24.3 Å². The summed E-state index contributed by atoms with van der Waals surface area (Å²) in [5.74, 6) is 1.15. The maximum Gasteiger partial charge on any atom is 0.339 e. The molecule has 0 spiro atoms. The second-order valence-electron chi connectivity index (χ2n) is 7.10. The third-order valence-electron chi connectivity index (χ3n) is 5.52. The Bertz CT molecular complexity index is 831. The first-order valence-electron chi connectivity index (χ1n) is 8.94. The van der Waals surface area contributed by atoms with Crippen molar-refractivity contribution in [2.75, 3.05) is 0 Å². The predicted octanol–water partition coefficient (Wildman–Crippen LogP) is 4.19. The number of hydrogen-bond acceptors (Lipinski definition) is 4. The summed E-state index contributed by atoms with van der Waals surface area (Å²) in [7, 11) is 0. The number of carbonyl (C=O) groups is 2. The molecule has 3 unspecified atom stereocenters. The van der Waals surface area contributed by atoms with Gasteiger partial charge in [-0.1, -0.05) is 18.6 Å². The van der Waals surface area contributed by atoms with E-state index in [1.165, 1.54) is 43.4 Å². The highest BCUT2D eigenvalue weighted by Crippen LogP contribution is 2.44. The van der Waals surface area contributed by atoms with Crippen molar-refractivity contribution in [3.63, 3.8) is 0 Å². The van der Waals surface area contributed by atoms with Gasteiger partial charge in [0.25, 0.3) is 5.91 Å². The first-order valence-corrected chi connectivity index (χ1v) is 9.92. The molecule has 3 atom stereocenters. The van der Waals surface area contributed by atoms with Crippen molar-refractivity contribution >= 4 is 23.6 Å². The largest absolute Gasteiger partial charge is 0.478 e. The molecule has 0 radical (unpaired) electrons. The number of amides is 1. The maximum absolute atomic E-state index is 12.8. The Morgan fingerprint density at radius 3 is 2.73 bits per heavy atom. The molecule has 1 amide bonds. The molecule has 136 valence electrons. The summed E-state index contributed by atoms with van der Waals surface area (Å²) in [6.45, 7) is 0. The quantitative estimate of drug-likeness (QED) is 0.745. The normalized spacial score (nSPS) is 23.9. The van der Waals surface area contributed by atoms with Gasteiger partial charge in [-0.05, 0) is 49.3 Å². The summed E-state index contributed by atoms with van der Waals surface area (Å²) in [6, 6.07) is 9.20. The lowest BCUT2D eigenvalue weighted by molar-refractivity contribution is 0.0694. The molecule has 2 N–H and O–H groups in total. The van der Waals surface area contributed by atoms with Gasteiger partial charge in [0.2, 0.25) is 0 Å². The van der Waals surface area contributed by atoms with Gasteiger partial charge >= 0.3 is 5.97 Å². The lowest BCUT2D eigenvalue weighted by Crippen LogP contribution is -2.38. The highest BCUT2D eigenvalue weighted by atomic mass is 32.2. The van der Waals surface area contributed by atoms with E-state index < -0.39 is 5.97 Å². The summed E-state index contributed by atoms with van der Waals surface area (Å²) in [5.41, 5.74) is 0.810. The number of rotatable bonds is 6. The minimum Gasteiger partial charge on any atom is -0.478 e. The zero-order valence-corrected chi connectivity index (χ0v) is 15.1. The summed E-state index contributed by atoms with van der Waals surface area (Å²) in [6.07, 6.45) is 6.26. The number of carboxylic acid groups (broad SMARTS) is 1. The van der Waals surface area contributed by atoms with Gasteiger partial charge in [0.15, 0.2) is 0 Å². The fourth-order valence-corrected chi connectivity index (χ4v) is 5.24. The molecule has 2 aliphatic carbocycles. The monoisotopic (exact) mass is 371 g/mol.